The zero-order valence-corrected chi connectivity index (χ0v) is 19.6. The lowest BCUT2D eigenvalue weighted by molar-refractivity contribution is -0.385. The molecule has 1 aromatic heterocycles. The number of ketones is 1. The lowest BCUT2D eigenvalue weighted by Crippen LogP contribution is -2.31. The highest BCUT2D eigenvalue weighted by molar-refractivity contribution is 9.10. The Morgan fingerprint density at radius 3 is 2.47 bits per heavy atom. The number of nitro benzene ring substituents is 1. The van der Waals surface area contributed by atoms with Gasteiger partial charge in [0.1, 0.15) is 11.4 Å². The van der Waals surface area contributed by atoms with Crippen LogP contribution in [0, 0.1) is 15.9 Å². The van der Waals surface area contributed by atoms with Crippen molar-refractivity contribution in [1.82, 2.24) is 0 Å². The minimum atomic E-state index is -1.34. The van der Waals surface area contributed by atoms with Crippen LogP contribution in [0.1, 0.15) is 22.2 Å². The van der Waals surface area contributed by atoms with Crippen LogP contribution in [-0.4, -0.2) is 26.8 Å². The predicted octanol–water partition coefficient (Wildman–Crippen LogP) is 5.73. The van der Waals surface area contributed by atoms with Gasteiger partial charge in [-0.3, -0.25) is 24.6 Å². The molecular weight excluding hydrogens is 539 g/mol. The number of aromatic hydroxyl groups is 1. The summed E-state index contributed by atoms with van der Waals surface area (Å²) in [6.45, 7) is 0. The van der Waals surface area contributed by atoms with Gasteiger partial charge in [-0.05, 0) is 60.2 Å². The van der Waals surface area contributed by atoms with E-state index in [4.69, 9.17) is 4.42 Å². The molecule has 1 atom stereocenters. The van der Waals surface area contributed by atoms with Crippen LogP contribution in [0.5, 0.6) is 5.75 Å². The van der Waals surface area contributed by atoms with Gasteiger partial charge >= 0.3 is 5.69 Å². The number of rotatable bonds is 5. The molecule has 4 aromatic rings. The highest BCUT2D eigenvalue weighted by Crippen LogP contribution is 2.44. The van der Waals surface area contributed by atoms with Gasteiger partial charge in [-0.25, -0.2) is 4.39 Å². The fourth-order valence-corrected chi connectivity index (χ4v) is 4.52. The zero-order chi connectivity index (χ0) is 25.7. The number of aliphatic hydroxyl groups excluding tert-OH is 1. The van der Waals surface area contributed by atoms with Crippen molar-refractivity contribution in [2.45, 2.75) is 6.04 Å². The fourth-order valence-electron chi connectivity index (χ4n) is 4.14. The SMILES string of the molecule is O=C(C1=C(O)C(=O)N(c2ccc(F)cc2)C1c1ccc(O)c([N+](=O)[O-])c1)c1cc2cc(Br)ccc2o1. The van der Waals surface area contributed by atoms with Crippen LogP contribution in [0.15, 0.2) is 87.0 Å². The molecule has 11 heteroatoms. The molecule has 0 saturated carbocycles. The van der Waals surface area contributed by atoms with E-state index in [0.717, 1.165) is 33.6 Å². The van der Waals surface area contributed by atoms with Gasteiger partial charge in [0.2, 0.25) is 5.78 Å². The van der Waals surface area contributed by atoms with Crippen LogP contribution in [0.3, 0.4) is 0 Å². The van der Waals surface area contributed by atoms with Crippen molar-refractivity contribution in [2.75, 3.05) is 4.90 Å². The van der Waals surface area contributed by atoms with Crippen molar-refractivity contribution in [1.29, 1.82) is 0 Å². The van der Waals surface area contributed by atoms with E-state index in [0.29, 0.717) is 11.0 Å². The number of nitrogens with zero attached hydrogens (tertiary/aromatic N) is 2. The van der Waals surface area contributed by atoms with Gasteiger partial charge in [0.25, 0.3) is 5.91 Å². The first-order valence-corrected chi connectivity index (χ1v) is 11.2. The topological polar surface area (TPSA) is 134 Å². The second-order valence-electron chi connectivity index (χ2n) is 7.94. The first kappa shape index (κ1) is 23.2. The number of anilines is 1. The molecule has 0 fully saturated rings. The van der Waals surface area contributed by atoms with E-state index >= 15 is 0 Å². The van der Waals surface area contributed by atoms with Crippen LogP contribution < -0.4 is 4.90 Å². The maximum Gasteiger partial charge on any atom is 0.311 e. The van der Waals surface area contributed by atoms with Gasteiger partial charge in [0.15, 0.2) is 17.3 Å². The van der Waals surface area contributed by atoms with Gasteiger partial charge in [0.05, 0.1) is 16.5 Å². The molecule has 1 amide bonds. The first-order valence-electron chi connectivity index (χ1n) is 10.4. The Morgan fingerprint density at radius 1 is 1.06 bits per heavy atom. The third-order valence-corrected chi connectivity index (χ3v) is 6.26. The Balaban J connectivity index is 1.69. The Kier molecular flexibility index (Phi) is 5.56. The number of amides is 1. The highest BCUT2D eigenvalue weighted by Gasteiger charge is 2.46. The van der Waals surface area contributed by atoms with E-state index < -0.39 is 45.7 Å². The van der Waals surface area contributed by atoms with Gasteiger partial charge in [-0.15, -0.1) is 0 Å². The number of carbonyl (C=O) groups excluding carboxylic acids is 2. The number of benzene rings is 3. The molecular formula is C25H14BrFN2O7. The van der Waals surface area contributed by atoms with Crippen LogP contribution in [0.4, 0.5) is 15.8 Å². The number of aliphatic hydroxyl groups is 1. The highest BCUT2D eigenvalue weighted by atomic mass is 79.9. The van der Waals surface area contributed by atoms with Crippen molar-refractivity contribution >= 4 is 50.0 Å². The molecule has 0 radical (unpaired) electrons. The van der Waals surface area contributed by atoms with Gasteiger partial charge < -0.3 is 14.6 Å². The molecule has 1 aliphatic heterocycles. The standard InChI is InChI=1S/C25H14BrFN2O7/c26-14-2-8-19-13(9-14)11-20(36-19)23(31)21-22(12-1-7-18(30)17(10-12)29(34)35)28(25(33)24(21)32)16-5-3-15(27)4-6-16/h1-11,22,30,32H. The third-order valence-electron chi connectivity index (χ3n) is 5.77. The van der Waals surface area contributed by atoms with Crippen LogP contribution in [0.2, 0.25) is 0 Å². The number of Topliss-reactive ketones (excluding diaryl/α,β-unsaturated/α-hetero) is 1. The summed E-state index contributed by atoms with van der Waals surface area (Å²) < 4.78 is 20.0. The summed E-state index contributed by atoms with van der Waals surface area (Å²) in [6, 6.07) is 13.2. The number of hydrogen-bond donors (Lipinski definition) is 2. The smallest absolute Gasteiger partial charge is 0.311 e. The number of nitro groups is 1. The van der Waals surface area contributed by atoms with Gasteiger partial charge in [0, 0.05) is 21.6 Å². The van der Waals surface area contributed by atoms with E-state index in [1.807, 2.05) is 0 Å². The molecule has 0 saturated heterocycles. The Labute approximate surface area is 210 Å². The van der Waals surface area contributed by atoms with Crippen molar-refractivity contribution in [3.63, 3.8) is 0 Å². The van der Waals surface area contributed by atoms with Crippen LogP contribution in [0.25, 0.3) is 11.0 Å². The largest absolute Gasteiger partial charge is 0.503 e. The number of halogens is 2. The van der Waals surface area contributed by atoms with E-state index in [1.165, 1.54) is 24.3 Å². The van der Waals surface area contributed by atoms with Crippen molar-refractivity contribution in [3.05, 3.63) is 110 Å². The first-order chi connectivity index (χ1) is 17.2. The summed E-state index contributed by atoms with van der Waals surface area (Å²) in [5, 5.41) is 32.8. The maximum atomic E-state index is 13.6. The molecule has 2 N–H and O–H groups in total. The second kappa shape index (κ2) is 8.61. The number of carbonyl (C=O) groups is 2. The normalized spacial score (nSPS) is 15.7. The summed E-state index contributed by atoms with van der Waals surface area (Å²) in [4.78, 5) is 38.4. The molecule has 1 aliphatic rings. The fraction of sp³-hybridized carbons (Fsp3) is 0.0400. The van der Waals surface area contributed by atoms with Gasteiger partial charge in [-0.1, -0.05) is 22.0 Å². The molecule has 1 unspecified atom stereocenters. The zero-order valence-electron chi connectivity index (χ0n) is 18.0. The van der Waals surface area contributed by atoms with Crippen molar-refractivity contribution < 1.29 is 33.5 Å². The number of fused-ring (bicyclic) bond motifs is 1. The Morgan fingerprint density at radius 2 is 1.78 bits per heavy atom. The number of phenolic OH excluding ortho intramolecular Hbond substituents is 1. The van der Waals surface area contributed by atoms with E-state index in [9.17, 15) is 34.3 Å². The summed E-state index contributed by atoms with van der Waals surface area (Å²) >= 11 is 3.34. The van der Waals surface area contributed by atoms with E-state index in [1.54, 1.807) is 18.2 Å². The van der Waals surface area contributed by atoms with Crippen LogP contribution in [-0.2, 0) is 4.79 Å². The predicted molar refractivity (Wildman–Crippen MR) is 129 cm³/mol. The summed E-state index contributed by atoms with van der Waals surface area (Å²) in [5.41, 5.74) is -0.472. The molecule has 2 heterocycles. The molecule has 180 valence electrons. The molecule has 36 heavy (non-hydrogen) atoms. The monoisotopic (exact) mass is 552 g/mol. The maximum absolute atomic E-state index is 13.6. The number of furan rings is 1. The summed E-state index contributed by atoms with van der Waals surface area (Å²) in [7, 11) is 0. The van der Waals surface area contributed by atoms with Crippen LogP contribution >= 0.6 is 15.9 Å². The molecule has 0 aliphatic carbocycles. The molecule has 3 aromatic carbocycles. The third kappa shape index (κ3) is 3.79. The minimum absolute atomic E-state index is 0.0587. The lowest BCUT2D eigenvalue weighted by atomic mass is 9.94. The summed E-state index contributed by atoms with van der Waals surface area (Å²) in [5.74, 6) is -4.04. The minimum Gasteiger partial charge on any atom is -0.503 e. The average molecular weight is 553 g/mol. The van der Waals surface area contributed by atoms with Crippen molar-refractivity contribution in [3.8, 4) is 5.75 Å². The van der Waals surface area contributed by atoms with Crippen molar-refractivity contribution in [2.24, 2.45) is 0 Å². The quantitative estimate of drug-likeness (QED) is 0.183. The molecule has 9 nitrogen and oxygen atoms in total. The Bertz CT molecular complexity index is 1610. The molecule has 0 spiro atoms. The second-order valence-corrected chi connectivity index (χ2v) is 8.86. The number of phenols is 1. The lowest BCUT2D eigenvalue weighted by Gasteiger charge is -2.26. The average Bonchev–Trinajstić information content (AvgIpc) is 3.38. The van der Waals surface area contributed by atoms with E-state index in [-0.39, 0.29) is 22.6 Å². The molecule has 5 rings (SSSR count). The molecule has 0 bridgehead atoms. The summed E-state index contributed by atoms with van der Waals surface area (Å²) in [6.07, 6.45) is 0. The van der Waals surface area contributed by atoms with E-state index in [2.05, 4.69) is 15.9 Å². The van der Waals surface area contributed by atoms with Gasteiger partial charge in [-0.2, -0.15) is 0 Å². The number of hydrogen-bond acceptors (Lipinski definition) is 7. The Hall–Kier alpha value is -4.51.